The first-order valence-electron chi connectivity index (χ1n) is 11.5. The maximum Gasteiger partial charge on any atom is 0.270 e. The van der Waals surface area contributed by atoms with Crippen LogP contribution in [-0.2, 0) is 14.3 Å². The molecule has 0 aliphatic carbocycles. The average molecular weight is 493 g/mol. The van der Waals surface area contributed by atoms with Gasteiger partial charge in [0.1, 0.15) is 17.6 Å². The monoisotopic (exact) mass is 492 g/mol. The van der Waals surface area contributed by atoms with E-state index in [1.165, 1.54) is 23.2 Å². The molecule has 0 aromatic heterocycles. The molecule has 0 bridgehead atoms. The third kappa shape index (κ3) is 7.59. The smallest absolute Gasteiger partial charge is 0.270 e. The normalized spacial score (nSPS) is 18.1. The minimum Gasteiger partial charge on any atom is -0.453 e. The number of aliphatic imine (C=N–C) groups is 1. The molecular formula is C24H30F2N4O5. The highest BCUT2D eigenvalue weighted by Crippen LogP contribution is 2.29. The van der Waals surface area contributed by atoms with Crippen molar-refractivity contribution in [2.75, 3.05) is 32.9 Å². The number of hydrogen-bond donors (Lipinski definition) is 3. The van der Waals surface area contributed by atoms with Crippen molar-refractivity contribution in [3.8, 4) is 5.75 Å². The van der Waals surface area contributed by atoms with E-state index in [4.69, 9.17) is 20.3 Å². The van der Waals surface area contributed by atoms with Gasteiger partial charge in [0.15, 0.2) is 17.4 Å². The van der Waals surface area contributed by atoms with Crippen LogP contribution in [0.2, 0.25) is 0 Å². The number of nitrogens with zero attached hydrogens (tertiary/aromatic N) is 2. The van der Waals surface area contributed by atoms with Gasteiger partial charge in [-0.25, -0.2) is 8.78 Å². The Labute approximate surface area is 202 Å². The van der Waals surface area contributed by atoms with Crippen LogP contribution in [0.3, 0.4) is 0 Å². The molecule has 190 valence electrons. The Morgan fingerprint density at radius 1 is 1.34 bits per heavy atom. The number of halogens is 2. The van der Waals surface area contributed by atoms with E-state index in [9.17, 15) is 18.4 Å². The first-order valence-corrected chi connectivity index (χ1v) is 11.5. The molecule has 0 saturated carbocycles. The molecule has 11 heteroatoms. The van der Waals surface area contributed by atoms with E-state index >= 15 is 0 Å². The van der Waals surface area contributed by atoms with E-state index in [1.54, 1.807) is 0 Å². The summed E-state index contributed by atoms with van der Waals surface area (Å²) in [5, 5.41) is 11.7. The minimum absolute atomic E-state index is 0.0220. The molecule has 35 heavy (non-hydrogen) atoms. The molecule has 3 rings (SSSR count). The predicted octanol–water partition coefficient (Wildman–Crippen LogP) is 1.62. The molecule has 2 aliphatic heterocycles. The summed E-state index contributed by atoms with van der Waals surface area (Å²) < 4.78 is 38.7. The lowest BCUT2D eigenvalue weighted by Gasteiger charge is -2.30. The molecule has 0 spiro atoms. The van der Waals surface area contributed by atoms with Crippen LogP contribution >= 0.6 is 0 Å². The number of ether oxygens (including phenoxy) is 2. The van der Waals surface area contributed by atoms with Crippen molar-refractivity contribution >= 4 is 17.6 Å². The molecule has 2 aliphatic rings. The van der Waals surface area contributed by atoms with Crippen molar-refractivity contribution in [3.05, 3.63) is 53.9 Å². The van der Waals surface area contributed by atoms with E-state index in [0.717, 1.165) is 31.1 Å². The van der Waals surface area contributed by atoms with Gasteiger partial charge in [-0.1, -0.05) is 6.07 Å². The van der Waals surface area contributed by atoms with Crippen molar-refractivity contribution in [1.29, 1.82) is 0 Å². The predicted molar refractivity (Wildman–Crippen MR) is 124 cm³/mol. The number of carbonyl (C=O) groups excluding carboxylic acids is 2. The fourth-order valence-electron chi connectivity index (χ4n) is 3.86. The maximum absolute atomic E-state index is 14.0. The number of benzene rings is 1. The van der Waals surface area contributed by atoms with Crippen LogP contribution < -0.4 is 15.8 Å². The van der Waals surface area contributed by atoms with Crippen molar-refractivity contribution in [2.24, 2.45) is 16.6 Å². The molecule has 1 unspecified atom stereocenters. The standard InChI is InChI=1S/C24H30F2N4O5/c25-18-3-1-4-19(26)23(18)35-17-14-22(32)30(15-17)20(13-16-6-11-34-12-7-16)24(33)29-21(27)5-9-28-8-2-10-31/h1,3-5,9,14,16,20,28,31H,2,6-8,10-13,15H2,(H2,27,29,33)/b9-5-. The van der Waals surface area contributed by atoms with Crippen LogP contribution in [0.5, 0.6) is 5.75 Å². The number of amides is 2. The number of nitrogens with two attached hydrogens (primary N) is 1. The molecule has 1 aromatic carbocycles. The van der Waals surface area contributed by atoms with Crippen LogP contribution in [0.4, 0.5) is 8.78 Å². The van der Waals surface area contributed by atoms with Gasteiger partial charge in [-0.15, -0.1) is 0 Å². The van der Waals surface area contributed by atoms with Crippen LogP contribution in [0.25, 0.3) is 0 Å². The number of carbonyl (C=O) groups is 2. The Kier molecular flexibility index (Phi) is 9.74. The van der Waals surface area contributed by atoms with Crippen LogP contribution in [0, 0.1) is 17.6 Å². The fraction of sp³-hybridized carbons (Fsp3) is 0.458. The van der Waals surface area contributed by atoms with Gasteiger partial charge in [0, 0.05) is 38.6 Å². The number of nitrogens with one attached hydrogen (secondary N) is 1. The average Bonchev–Trinajstić information content (AvgIpc) is 3.20. The second kappa shape index (κ2) is 13.0. The van der Waals surface area contributed by atoms with E-state index in [0.29, 0.717) is 32.6 Å². The van der Waals surface area contributed by atoms with Crippen molar-refractivity contribution < 1.29 is 33.0 Å². The zero-order chi connectivity index (χ0) is 25.2. The van der Waals surface area contributed by atoms with Crippen molar-refractivity contribution in [2.45, 2.75) is 31.7 Å². The highest BCUT2D eigenvalue weighted by Gasteiger charge is 2.36. The fourth-order valence-corrected chi connectivity index (χ4v) is 3.86. The molecule has 1 atom stereocenters. The molecule has 1 fully saturated rings. The van der Waals surface area contributed by atoms with Gasteiger partial charge in [-0.05, 0) is 49.8 Å². The molecule has 2 heterocycles. The Balaban J connectivity index is 1.73. The zero-order valence-electron chi connectivity index (χ0n) is 19.3. The summed E-state index contributed by atoms with van der Waals surface area (Å²) in [6.45, 7) is 1.56. The number of hydrogen-bond acceptors (Lipinski definition) is 6. The second-order valence-corrected chi connectivity index (χ2v) is 8.28. The SMILES string of the molecule is NC(/C=C\NCCCO)=NC(=O)C(CC1CCOCC1)N1CC(Oc2c(F)cccc2F)=CC1=O. The van der Waals surface area contributed by atoms with E-state index < -0.39 is 35.2 Å². The lowest BCUT2D eigenvalue weighted by atomic mass is 9.91. The van der Waals surface area contributed by atoms with Crippen molar-refractivity contribution in [3.63, 3.8) is 0 Å². The topological polar surface area (TPSA) is 126 Å². The van der Waals surface area contributed by atoms with Crippen LogP contribution in [0.15, 0.2) is 47.3 Å². The number of aliphatic hydroxyl groups is 1. The number of amidine groups is 1. The maximum atomic E-state index is 14.0. The largest absolute Gasteiger partial charge is 0.453 e. The van der Waals surface area contributed by atoms with Gasteiger partial charge in [0.2, 0.25) is 0 Å². The Bertz CT molecular complexity index is 972. The summed E-state index contributed by atoms with van der Waals surface area (Å²) >= 11 is 0. The lowest BCUT2D eigenvalue weighted by Crippen LogP contribution is -2.44. The zero-order valence-corrected chi connectivity index (χ0v) is 19.3. The summed E-state index contributed by atoms with van der Waals surface area (Å²) in [6.07, 6.45) is 6.42. The highest BCUT2D eigenvalue weighted by molar-refractivity contribution is 6.03. The molecule has 9 nitrogen and oxygen atoms in total. The van der Waals surface area contributed by atoms with E-state index in [2.05, 4.69) is 10.3 Å². The molecule has 4 N–H and O–H groups in total. The van der Waals surface area contributed by atoms with Crippen LogP contribution in [0.1, 0.15) is 25.7 Å². The summed E-state index contributed by atoms with van der Waals surface area (Å²) in [4.78, 5) is 31.1. The quantitative estimate of drug-likeness (QED) is 0.243. The van der Waals surface area contributed by atoms with Gasteiger partial charge in [-0.2, -0.15) is 4.99 Å². The lowest BCUT2D eigenvalue weighted by molar-refractivity contribution is -0.135. The Morgan fingerprint density at radius 3 is 2.74 bits per heavy atom. The van der Waals surface area contributed by atoms with E-state index in [-0.39, 0.29) is 30.7 Å². The van der Waals surface area contributed by atoms with Gasteiger partial charge < -0.3 is 30.5 Å². The summed E-state index contributed by atoms with van der Waals surface area (Å²) in [5.41, 5.74) is 5.86. The number of para-hydroxylation sites is 1. The van der Waals surface area contributed by atoms with Gasteiger partial charge in [0.05, 0.1) is 6.54 Å². The first kappa shape index (κ1) is 26.3. The Hall–Kier alpha value is -3.31. The molecular weight excluding hydrogens is 462 g/mol. The molecule has 1 saturated heterocycles. The molecule has 2 amide bonds. The second-order valence-electron chi connectivity index (χ2n) is 8.28. The minimum atomic E-state index is -0.928. The van der Waals surface area contributed by atoms with Crippen LogP contribution in [-0.4, -0.2) is 66.6 Å². The van der Waals surface area contributed by atoms with Gasteiger partial charge in [-0.3, -0.25) is 9.59 Å². The number of aliphatic hydroxyl groups excluding tert-OH is 1. The van der Waals surface area contributed by atoms with Gasteiger partial charge in [0.25, 0.3) is 11.8 Å². The number of rotatable bonds is 11. The van der Waals surface area contributed by atoms with Gasteiger partial charge >= 0.3 is 0 Å². The third-order valence-corrected chi connectivity index (χ3v) is 5.70. The Morgan fingerprint density at radius 2 is 2.06 bits per heavy atom. The summed E-state index contributed by atoms with van der Waals surface area (Å²) in [6, 6.07) is 2.38. The molecule has 1 aromatic rings. The molecule has 0 radical (unpaired) electrons. The van der Waals surface area contributed by atoms with E-state index in [1.807, 2.05) is 0 Å². The summed E-state index contributed by atoms with van der Waals surface area (Å²) in [7, 11) is 0. The third-order valence-electron chi connectivity index (χ3n) is 5.70. The highest BCUT2D eigenvalue weighted by atomic mass is 19.1. The summed E-state index contributed by atoms with van der Waals surface area (Å²) in [5.74, 6) is -3.42. The van der Waals surface area contributed by atoms with Crippen molar-refractivity contribution in [1.82, 2.24) is 10.2 Å². The first-order chi connectivity index (χ1) is 16.9.